The van der Waals surface area contributed by atoms with Crippen molar-refractivity contribution < 1.29 is 4.79 Å². The summed E-state index contributed by atoms with van der Waals surface area (Å²) in [6.45, 7) is 0.836. The van der Waals surface area contributed by atoms with Gasteiger partial charge in [0.2, 0.25) is 0 Å². The van der Waals surface area contributed by atoms with Gasteiger partial charge in [-0.1, -0.05) is 0 Å². The highest BCUT2D eigenvalue weighted by molar-refractivity contribution is 7.98. The standard InChI is InChI=1S/C11H17N3OS/c1-13-11(15)8-3-4-9(12)10(7-8)14-5-6-16-2/h3-4,7,14H,5-6,12H2,1-2H3,(H,13,15). The molecule has 4 N–H and O–H groups in total. The van der Waals surface area contributed by atoms with Crippen LogP contribution in [0.3, 0.4) is 0 Å². The number of rotatable bonds is 5. The summed E-state index contributed by atoms with van der Waals surface area (Å²) in [6, 6.07) is 5.23. The molecule has 0 aliphatic rings. The number of carbonyl (C=O) groups is 1. The fraction of sp³-hybridized carbons (Fsp3) is 0.364. The second-order valence-electron chi connectivity index (χ2n) is 3.30. The SMILES string of the molecule is CNC(=O)c1ccc(N)c(NCCSC)c1. The van der Waals surface area contributed by atoms with E-state index in [1.807, 2.05) is 6.26 Å². The number of benzene rings is 1. The van der Waals surface area contributed by atoms with Crippen LogP contribution < -0.4 is 16.4 Å². The van der Waals surface area contributed by atoms with Crippen molar-refractivity contribution in [2.75, 3.05) is 36.7 Å². The van der Waals surface area contributed by atoms with E-state index in [2.05, 4.69) is 10.6 Å². The van der Waals surface area contributed by atoms with Gasteiger partial charge in [0.1, 0.15) is 0 Å². The molecule has 0 radical (unpaired) electrons. The van der Waals surface area contributed by atoms with Crippen LogP contribution in [0.15, 0.2) is 18.2 Å². The van der Waals surface area contributed by atoms with Gasteiger partial charge in [-0.15, -0.1) is 0 Å². The lowest BCUT2D eigenvalue weighted by Gasteiger charge is -2.10. The van der Waals surface area contributed by atoms with E-state index in [1.165, 1.54) is 0 Å². The number of carbonyl (C=O) groups excluding carboxylic acids is 1. The Morgan fingerprint density at radius 3 is 2.88 bits per heavy atom. The number of hydrogen-bond acceptors (Lipinski definition) is 4. The van der Waals surface area contributed by atoms with Crippen molar-refractivity contribution in [2.24, 2.45) is 0 Å². The van der Waals surface area contributed by atoms with Crippen LogP contribution in [0.2, 0.25) is 0 Å². The van der Waals surface area contributed by atoms with Crippen LogP contribution in [0.5, 0.6) is 0 Å². The van der Waals surface area contributed by atoms with Gasteiger partial charge in [-0.2, -0.15) is 11.8 Å². The Balaban J connectivity index is 2.78. The molecule has 0 aliphatic heterocycles. The highest BCUT2D eigenvalue weighted by atomic mass is 32.2. The molecule has 1 rings (SSSR count). The fourth-order valence-corrected chi connectivity index (χ4v) is 1.59. The predicted molar refractivity (Wildman–Crippen MR) is 71.1 cm³/mol. The highest BCUT2D eigenvalue weighted by Gasteiger charge is 2.06. The molecule has 0 saturated heterocycles. The monoisotopic (exact) mass is 239 g/mol. The average Bonchev–Trinajstić information content (AvgIpc) is 2.31. The van der Waals surface area contributed by atoms with E-state index in [0.29, 0.717) is 11.3 Å². The van der Waals surface area contributed by atoms with Crippen molar-refractivity contribution in [3.05, 3.63) is 23.8 Å². The Labute approximate surface area is 100.0 Å². The number of anilines is 2. The minimum Gasteiger partial charge on any atom is -0.397 e. The second kappa shape index (κ2) is 6.27. The van der Waals surface area contributed by atoms with Gasteiger partial charge < -0.3 is 16.4 Å². The zero-order valence-electron chi connectivity index (χ0n) is 9.54. The minimum absolute atomic E-state index is 0.104. The van der Waals surface area contributed by atoms with E-state index in [4.69, 9.17) is 5.73 Å². The molecule has 5 heteroatoms. The van der Waals surface area contributed by atoms with Crippen molar-refractivity contribution >= 4 is 29.0 Å². The van der Waals surface area contributed by atoms with Gasteiger partial charge in [0.25, 0.3) is 5.91 Å². The Hall–Kier alpha value is -1.36. The zero-order chi connectivity index (χ0) is 12.0. The summed E-state index contributed by atoms with van der Waals surface area (Å²) in [6.07, 6.45) is 2.05. The molecule has 0 aromatic heterocycles. The summed E-state index contributed by atoms with van der Waals surface area (Å²) < 4.78 is 0. The van der Waals surface area contributed by atoms with Crippen molar-refractivity contribution in [1.29, 1.82) is 0 Å². The first-order valence-corrected chi connectivity index (χ1v) is 6.43. The van der Waals surface area contributed by atoms with Crippen LogP contribution in [-0.4, -0.2) is 31.5 Å². The van der Waals surface area contributed by atoms with E-state index in [9.17, 15) is 4.79 Å². The maximum atomic E-state index is 11.4. The first-order chi connectivity index (χ1) is 7.69. The van der Waals surface area contributed by atoms with Crippen LogP contribution in [0.25, 0.3) is 0 Å². The predicted octanol–water partition coefficient (Wildman–Crippen LogP) is 1.40. The first kappa shape index (κ1) is 12.7. The topological polar surface area (TPSA) is 67.2 Å². The molecule has 4 nitrogen and oxygen atoms in total. The molecule has 0 spiro atoms. The maximum absolute atomic E-state index is 11.4. The summed E-state index contributed by atoms with van der Waals surface area (Å²) in [4.78, 5) is 11.4. The molecule has 0 saturated carbocycles. The van der Waals surface area contributed by atoms with Crippen molar-refractivity contribution in [3.63, 3.8) is 0 Å². The third kappa shape index (κ3) is 3.34. The van der Waals surface area contributed by atoms with E-state index in [1.54, 1.807) is 37.0 Å². The summed E-state index contributed by atoms with van der Waals surface area (Å²) in [5.41, 5.74) is 7.90. The van der Waals surface area contributed by atoms with Crippen LogP contribution in [0, 0.1) is 0 Å². The number of nitrogen functional groups attached to an aromatic ring is 1. The van der Waals surface area contributed by atoms with Crippen LogP contribution in [0.1, 0.15) is 10.4 Å². The Bertz CT molecular complexity index is 368. The second-order valence-corrected chi connectivity index (χ2v) is 4.29. The van der Waals surface area contributed by atoms with Crippen molar-refractivity contribution in [2.45, 2.75) is 0 Å². The van der Waals surface area contributed by atoms with Gasteiger partial charge in [0.15, 0.2) is 0 Å². The molecule has 1 aromatic carbocycles. The largest absolute Gasteiger partial charge is 0.397 e. The molecule has 0 unspecified atom stereocenters. The molecule has 1 amide bonds. The summed E-state index contributed by atoms with van der Waals surface area (Å²) in [5.74, 6) is 0.900. The molecule has 0 bridgehead atoms. The number of nitrogens with two attached hydrogens (primary N) is 1. The zero-order valence-corrected chi connectivity index (χ0v) is 10.4. The Morgan fingerprint density at radius 2 is 2.25 bits per heavy atom. The fourth-order valence-electron chi connectivity index (χ4n) is 1.28. The van der Waals surface area contributed by atoms with Gasteiger partial charge in [0, 0.05) is 24.9 Å². The van der Waals surface area contributed by atoms with Crippen LogP contribution >= 0.6 is 11.8 Å². The third-order valence-electron chi connectivity index (χ3n) is 2.16. The molecule has 16 heavy (non-hydrogen) atoms. The molecule has 0 aliphatic carbocycles. The molecular formula is C11H17N3OS. The lowest BCUT2D eigenvalue weighted by Crippen LogP contribution is -2.18. The van der Waals surface area contributed by atoms with Crippen LogP contribution in [0.4, 0.5) is 11.4 Å². The highest BCUT2D eigenvalue weighted by Crippen LogP contribution is 2.19. The van der Waals surface area contributed by atoms with Gasteiger partial charge in [-0.3, -0.25) is 4.79 Å². The number of amides is 1. The minimum atomic E-state index is -0.104. The lowest BCUT2D eigenvalue weighted by molar-refractivity contribution is 0.0963. The molecule has 1 aromatic rings. The summed E-state index contributed by atoms with van der Waals surface area (Å²) in [5, 5.41) is 5.79. The van der Waals surface area contributed by atoms with E-state index in [-0.39, 0.29) is 5.91 Å². The van der Waals surface area contributed by atoms with E-state index < -0.39 is 0 Å². The first-order valence-electron chi connectivity index (χ1n) is 5.03. The van der Waals surface area contributed by atoms with Gasteiger partial charge in [-0.05, 0) is 24.5 Å². The average molecular weight is 239 g/mol. The smallest absolute Gasteiger partial charge is 0.251 e. The van der Waals surface area contributed by atoms with Gasteiger partial charge in [0.05, 0.1) is 11.4 Å². The molecule has 0 fully saturated rings. The molecule has 88 valence electrons. The molecular weight excluding hydrogens is 222 g/mol. The Kier molecular flexibility index (Phi) is 4.98. The van der Waals surface area contributed by atoms with E-state index in [0.717, 1.165) is 18.0 Å². The molecule has 0 heterocycles. The number of thioether (sulfide) groups is 1. The third-order valence-corrected chi connectivity index (χ3v) is 2.78. The normalized spacial score (nSPS) is 9.88. The number of hydrogen-bond donors (Lipinski definition) is 3. The van der Waals surface area contributed by atoms with Crippen molar-refractivity contribution in [3.8, 4) is 0 Å². The van der Waals surface area contributed by atoms with Crippen LogP contribution in [-0.2, 0) is 0 Å². The summed E-state index contributed by atoms with van der Waals surface area (Å²) >= 11 is 1.76. The van der Waals surface area contributed by atoms with Gasteiger partial charge in [-0.25, -0.2) is 0 Å². The maximum Gasteiger partial charge on any atom is 0.251 e. The number of nitrogens with one attached hydrogen (secondary N) is 2. The summed E-state index contributed by atoms with van der Waals surface area (Å²) in [7, 11) is 1.61. The Morgan fingerprint density at radius 1 is 1.50 bits per heavy atom. The van der Waals surface area contributed by atoms with Gasteiger partial charge >= 0.3 is 0 Å². The molecule has 0 atom stereocenters. The lowest BCUT2D eigenvalue weighted by atomic mass is 10.1. The van der Waals surface area contributed by atoms with E-state index >= 15 is 0 Å². The quantitative estimate of drug-likeness (QED) is 0.537. The van der Waals surface area contributed by atoms with Crippen molar-refractivity contribution in [1.82, 2.24) is 5.32 Å².